The molecule has 3 nitrogen and oxygen atoms in total. The molecule has 3 heteroatoms. The Morgan fingerprint density at radius 1 is 1.40 bits per heavy atom. The Labute approximate surface area is 90.0 Å². The van der Waals surface area contributed by atoms with Crippen LogP contribution in [0.1, 0.15) is 31.0 Å². The van der Waals surface area contributed by atoms with Crippen LogP contribution in [-0.4, -0.2) is 18.5 Å². The zero-order valence-electron chi connectivity index (χ0n) is 9.10. The van der Waals surface area contributed by atoms with E-state index in [0.717, 1.165) is 17.0 Å². The van der Waals surface area contributed by atoms with E-state index < -0.39 is 0 Å². The van der Waals surface area contributed by atoms with Crippen molar-refractivity contribution in [2.24, 2.45) is 10.7 Å². The maximum atomic E-state index is 5.78. The Kier molecular flexibility index (Phi) is 2.73. The van der Waals surface area contributed by atoms with Crippen molar-refractivity contribution in [1.82, 2.24) is 0 Å². The molecule has 1 aliphatic rings. The normalized spacial score (nSPS) is 22.1. The number of nitrogens with two attached hydrogens (primary N) is 1. The van der Waals surface area contributed by atoms with Gasteiger partial charge in [0.15, 0.2) is 0 Å². The first kappa shape index (κ1) is 10.2. The van der Waals surface area contributed by atoms with Crippen molar-refractivity contribution >= 4 is 5.90 Å². The van der Waals surface area contributed by atoms with Gasteiger partial charge in [-0.05, 0) is 31.5 Å². The van der Waals surface area contributed by atoms with Crippen LogP contribution in [0.25, 0.3) is 0 Å². The van der Waals surface area contributed by atoms with Gasteiger partial charge in [0, 0.05) is 11.6 Å². The number of ether oxygens (including phenoxy) is 1. The van der Waals surface area contributed by atoms with Gasteiger partial charge in [0.25, 0.3) is 0 Å². The Balaban J connectivity index is 2.20. The highest BCUT2D eigenvalue weighted by atomic mass is 16.5. The number of rotatable bonds is 2. The summed E-state index contributed by atoms with van der Waals surface area (Å²) in [5.41, 5.74) is 7.94. The first-order chi connectivity index (χ1) is 7.16. The monoisotopic (exact) mass is 204 g/mol. The van der Waals surface area contributed by atoms with Crippen molar-refractivity contribution in [3.8, 4) is 0 Å². The van der Waals surface area contributed by atoms with E-state index in [1.807, 2.05) is 38.1 Å². The fourth-order valence-electron chi connectivity index (χ4n) is 1.56. The summed E-state index contributed by atoms with van der Waals surface area (Å²) in [4.78, 5) is 4.40. The van der Waals surface area contributed by atoms with Crippen LogP contribution < -0.4 is 5.73 Å². The summed E-state index contributed by atoms with van der Waals surface area (Å²) in [5, 5.41) is 0. The number of aliphatic imine (C=N–C) groups is 1. The second-order valence-electron chi connectivity index (χ2n) is 4.00. The van der Waals surface area contributed by atoms with Crippen molar-refractivity contribution < 1.29 is 4.74 Å². The van der Waals surface area contributed by atoms with Crippen LogP contribution in [-0.2, 0) is 4.74 Å². The molecule has 15 heavy (non-hydrogen) atoms. The summed E-state index contributed by atoms with van der Waals surface area (Å²) in [6, 6.07) is 8.41. The second-order valence-corrected chi connectivity index (χ2v) is 4.00. The van der Waals surface area contributed by atoms with E-state index >= 15 is 0 Å². The first-order valence-corrected chi connectivity index (χ1v) is 5.23. The topological polar surface area (TPSA) is 47.6 Å². The smallest absolute Gasteiger partial charge is 0.216 e. The molecule has 1 aliphatic heterocycles. The highest BCUT2D eigenvalue weighted by Gasteiger charge is 2.15. The molecule has 0 fully saturated rings. The van der Waals surface area contributed by atoms with Crippen molar-refractivity contribution in [2.75, 3.05) is 6.61 Å². The van der Waals surface area contributed by atoms with E-state index in [0.29, 0.717) is 6.61 Å². The Hall–Kier alpha value is -1.35. The predicted molar refractivity (Wildman–Crippen MR) is 61.0 cm³/mol. The molecule has 0 saturated heterocycles. The average Bonchev–Trinajstić information content (AvgIpc) is 2.65. The maximum absolute atomic E-state index is 5.78. The minimum absolute atomic E-state index is 0.0735. The number of hydrogen-bond acceptors (Lipinski definition) is 3. The molecule has 80 valence electrons. The van der Waals surface area contributed by atoms with Crippen LogP contribution in [0, 0.1) is 0 Å². The second kappa shape index (κ2) is 4.03. The molecule has 2 N–H and O–H groups in total. The van der Waals surface area contributed by atoms with Gasteiger partial charge < -0.3 is 10.5 Å². The standard InChI is InChI=1S/C12H16N2O/c1-8-7-15-12(14-8)11-5-3-10(4-6-11)9(2)13/h3-6,8-9H,7,13H2,1-2H3. The Bertz CT molecular complexity index is 368. The van der Waals surface area contributed by atoms with Gasteiger partial charge in [0.2, 0.25) is 5.90 Å². The van der Waals surface area contributed by atoms with Gasteiger partial charge in [0.1, 0.15) is 6.61 Å². The summed E-state index contributed by atoms with van der Waals surface area (Å²) in [6.07, 6.45) is 0. The molecule has 0 spiro atoms. The summed E-state index contributed by atoms with van der Waals surface area (Å²) in [7, 11) is 0. The van der Waals surface area contributed by atoms with Crippen LogP contribution in [0.2, 0.25) is 0 Å². The zero-order chi connectivity index (χ0) is 10.8. The molecule has 0 aliphatic carbocycles. The fraction of sp³-hybridized carbons (Fsp3) is 0.417. The van der Waals surface area contributed by atoms with Gasteiger partial charge in [-0.15, -0.1) is 0 Å². The van der Waals surface area contributed by atoms with Gasteiger partial charge in [-0.2, -0.15) is 0 Å². The van der Waals surface area contributed by atoms with Gasteiger partial charge in [-0.1, -0.05) is 12.1 Å². The van der Waals surface area contributed by atoms with Crippen LogP contribution in [0.4, 0.5) is 0 Å². The van der Waals surface area contributed by atoms with Crippen molar-refractivity contribution in [3.05, 3.63) is 35.4 Å². The molecule has 0 saturated carbocycles. The molecule has 1 heterocycles. The maximum Gasteiger partial charge on any atom is 0.216 e. The van der Waals surface area contributed by atoms with Crippen LogP contribution >= 0.6 is 0 Å². The Morgan fingerprint density at radius 3 is 2.53 bits per heavy atom. The average molecular weight is 204 g/mol. The van der Waals surface area contributed by atoms with Crippen molar-refractivity contribution in [2.45, 2.75) is 25.9 Å². The van der Waals surface area contributed by atoms with Gasteiger partial charge in [0.05, 0.1) is 6.04 Å². The summed E-state index contributed by atoms with van der Waals surface area (Å²) >= 11 is 0. The quantitative estimate of drug-likeness (QED) is 0.799. The molecular formula is C12H16N2O. The largest absolute Gasteiger partial charge is 0.475 e. The highest BCUT2D eigenvalue weighted by Crippen LogP contribution is 2.15. The van der Waals surface area contributed by atoms with E-state index in [1.54, 1.807) is 0 Å². The molecule has 1 aromatic rings. The third-order valence-electron chi connectivity index (χ3n) is 2.48. The molecule has 1 aromatic carbocycles. The summed E-state index contributed by atoms with van der Waals surface area (Å²) in [6.45, 7) is 4.70. The van der Waals surface area contributed by atoms with Crippen LogP contribution in [0.3, 0.4) is 0 Å². The minimum atomic E-state index is 0.0735. The minimum Gasteiger partial charge on any atom is -0.475 e. The third-order valence-corrected chi connectivity index (χ3v) is 2.48. The molecule has 2 atom stereocenters. The lowest BCUT2D eigenvalue weighted by Gasteiger charge is -2.06. The molecule has 0 bridgehead atoms. The van der Waals surface area contributed by atoms with Crippen molar-refractivity contribution in [1.29, 1.82) is 0 Å². The third kappa shape index (κ3) is 2.18. The first-order valence-electron chi connectivity index (χ1n) is 5.23. The number of nitrogens with zero attached hydrogens (tertiary/aromatic N) is 1. The molecule has 2 rings (SSSR count). The van der Waals surface area contributed by atoms with E-state index in [4.69, 9.17) is 10.5 Å². The van der Waals surface area contributed by atoms with Gasteiger partial charge in [-0.25, -0.2) is 4.99 Å². The SMILES string of the molecule is CC1COC(c2ccc(C(C)N)cc2)=N1. The number of benzene rings is 1. The van der Waals surface area contributed by atoms with Gasteiger partial charge in [-0.3, -0.25) is 0 Å². The molecule has 0 aromatic heterocycles. The molecule has 0 amide bonds. The Morgan fingerprint density at radius 2 is 2.07 bits per heavy atom. The lowest BCUT2D eigenvalue weighted by Crippen LogP contribution is -2.06. The molecular weight excluding hydrogens is 188 g/mol. The van der Waals surface area contributed by atoms with E-state index in [-0.39, 0.29) is 12.1 Å². The van der Waals surface area contributed by atoms with E-state index in [2.05, 4.69) is 4.99 Å². The summed E-state index contributed by atoms with van der Waals surface area (Å²) in [5.74, 6) is 0.749. The highest BCUT2D eigenvalue weighted by molar-refractivity contribution is 5.95. The lowest BCUT2D eigenvalue weighted by molar-refractivity contribution is 0.324. The van der Waals surface area contributed by atoms with Crippen LogP contribution in [0.5, 0.6) is 0 Å². The fourth-order valence-corrected chi connectivity index (χ4v) is 1.56. The van der Waals surface area contributed by atoms with Crippen molar-refractivity contribution in [3.63, 3.8) is 0 Å². The summed E-state index contributed by atoms with van der Waals surface area (Å²) < 4.78 is 5.47. The van der Waals surface area contributed by atoms with E-state index in [1.165, 1.54) is 0 Å². The molecule has 0 radical (unpaired) electrons. The van der Waals surface area contributed by atoms with E-state index in [9.17, 15) is 0 Å². The zero-order valence-corrected chi connectivity index (χ0v) is 9.10. The lowest BCUT2D eigenvalue weighted by atomic mass is 10.1. The number of hydrogen-bond donors (Lipinski definition) is 1. The van der Waals surface area contributed by atoms with Crippen LogP contribution in [0.15, 0.2) is 29.3 Å². The predicted octanol–water partition coefficient (Wildman–Crippen LogP) is 1.87. The molecule has 2 unspecified atom stereocenters. The van der Waals surface area contributed by atoms with Gasteiger partial charge >= 0.3 is 0 Å².